The molecule has 1 aliphatic rings. The Balaban J connectivity index is 1.38. The number of nitrogens with one attached hydrogen (secondary N) is 1. The van der Waals surface area contributed by atoms with Crippen molar-refractivity contribution < 1.29 is 9.21 Å². The molecule has 1 unspecified atom stereocenters. The molecule has 4 rings (SSSR count). The number of benzene rings is 1. The van der Waals surface area contributed by atoms with Gasteiger partial charge in [0.15, 0.2) is 5.58 Å². The number of rotatable bonds is 4. The maximum atomic E-state index is 12.8. The number of urea groups is 1. The van der Waals surface area contributed by atoms with Crippen LogP contribution in [0.25, 0.3) is 11.1 Å². The van der Waals surface area contributed by atoms with Gasteiger partial charge in [0.1, 0.15) is 5.52 Å². The Morgan fingerprint density at radius 3 is 2.57 bits per heavy atom. The summed E-state index contributed by atoms with van der Waals surface area (Å²) in [5.74, 6) is 0.272. The van der Waals surface area contributed by atoms with Crippen molar-refractivity contribution in [2.75, 3.05) is 31.1 Å². The van der Waals surface area contributed by atoms with Gasteiger partial charge in [-0.1, -0.05) is 32.0 Å². The number of oxazole rings is 1. The quantitative estimate of drug-likeness (QED) is 0.751. The van der Waals surface area contributed by atoms with Crippen molar-refractivity contribution in [3.63, 3.8) is 0 Å². The Bertz CT molecular complexity index is 899. The Morgan fingerprint density at radius 1 is 1.11 bits per heavy atom. The Labute approximate surface area is 164 Å². The topological polar surface area (TPSA) is 74.5 Å². The van der Waals surface area contributed by atoms with Gasteiger partial charge >= 0.3 is 6.03 Å². The fraction of sp³-hybridized carbons (Fsp3) is 0.381. The predicted molar refractivity (Wildman–Crippen MR) is 108 cm³/mol. The molecule has 0 bridgehead atoms. The van der Waals surface area contributed by atoms with Crippen LogP contribution in [-0.2, 0) is 0 Å². The fourth-order valence-corrected chi connectivity index (χ4v) is 3.52. The highest BCUT2D eigenvalue weighted by atomic mass is 16.4. The Hall–Kier alpha value is -3.09. The number of para-hydroxylation sites is 2. The Morgan fingerprint density at radius 2 is 1.89 bits per heavy atom. The number of piperazine rings is 1. The van der Waals surface area contributed by atoms with Crippen LogP contribution in [0.4, 0.5) is 10.8 Å². The number of fused-ring (bicyclic) bond motifs is 1. The van der Waals surface area contributed by atoms with Gasteiger partial charge in [-0.15, -0.1) is 0 Å². The zero-order chi connectivity index (χ0) is 19.5. The molecule has 1 aromatic carbocycles. The van der Waals surface area contributed by atoms with E-state index in [4.69, 9.17) is 4.42 Å². The van der Waals surface area contributed by atoms with Crippen molar-refractivity contribution >= 4 is 23.1 Å². The van der Waals surface area contributed by atoms with Crippen molar-refractivity contribution in [1.29, 1.82) is 0 Å². The molecule has 1 aliphatic heterocycles. The van der Waals surface area contributed by atoms with E-state index in [0.717, 1.165) is 16.7 Å². The minimum Gasteiger partial charge on any atom is -0.423 e. The summed E-state index contributed by atoms with van der Waals surface area (Å²) in [6.45, 7) is 6.84. The molecule has 1 saturated heterocycles. The first-order valence-corrected chi connectivity index (χ1v) is 9.67. The van der Waals surface area contributed by atoms with E-state index >= 15 is 0 Å². The smallest absolute Gasteiger partial charge is 0.318 e. The monoisotopic (exact) mass is 379 g/mol. The van der Waals surface area contributed by atoms with Crippen LogP contribution in [0.15, 0.2) is 53.2 Å². The molecule has 146 valence electrons. The maximum absolute atomic E-state index is 12.8. The zero-order valence-corrected chi connectivity index (χ0v) is 16.2. The normalized spacial score (nSPS) is 15.8. The molecule has 0 spiro atoms. The number of carbonyl (C=O) groups excluding carboxylic acids is 1. The number of hydrogen-bond donors (Lipinski definition) is 1. The van der Waals surface area contributed by atoms with E-state index in [-0.39, 0.29) is 18.0 Å². The van der Waals surface area contributed by atoms with Crippen LogP contribution in [0.1, 0.15) is 25.5 Å². The van der Waals surface area contributed by atoms with Gasteiger partial charge < -0.3 is 19.5 Å². The molecule has 3 aromatic rings. The van der Waals surface area contributed by atoms with Gasteiger partial charge in [0.2, 0.25) is 0 Å². The average Bonchev–Trinajstić information content (AvgIpc) is 3.16. The maximum Gasteiger partial charge on any atom is 0.318 e. The van der Waals surface area contributed by atoms with E-state index in [1.807, 2.05) is 47.5 Å². The highest BCUT2D eigenvalue weighted by Gasteiger charge is 2.26. The number of amides is 2. The van der Waals surface area contributed by atoms with Gasteiger partial charge in [-0.05, 0) is 29.7 Å². The molecule has 1 N–H and O–H groups in total. The number of carbonyl (C=O) groups is 1. The third-order valence-corrected chi connectivity index (χ3v) is 5.11. The summed E-state index contributed by atoms with van der Waals surface area (Å²) < 4.78 is 5.85. The molecule has 0 aliphatic carbocycles. The van der Waals surface area contributed by atoms with E-state index in [1.165, 1.54) is 0 Å². The van der Waals surface area contributed by atoms with Crippen LogP contribution in [0, 0.1) is 5.92 Å². The third kappa shape index (κ3) is 3.78. The first kappa shape index (κ1) is 18.3. The van der Waals surface area contributed by atoms with Crippen LogP contribution in [0.3, 0.4) is 0 Å². The minimum absolute atomic E-state index is 0.0419. The van der Waals surface area contributed by atoms with E-state index in [0.29, 0.717) is 32.2 Å². The van der Waals surface area contributed by atoms with Crippen LogP contribution < -0.4 is 10.2 Å². The fourth-order valence-electron chi connectivity index (χ4n) is 3.52. The predicted octanol–water partition coefficient (Wildman–Crippen LogP) is 3.45. The molecular formula is C21H25N5O2. The first-order chi connectivity index (χ1) is 13.6. The first-order valence-electron chi connectivity index (χ1n) is 9.67. The van der Waals surface area contributed by atoms with E-state index in [1.54, 1.807) is 6.20 Å². The average molecular weight is 379 g/mol. The lowest BCUT2D eigenvalue weighted by atomic mass is 9.97. The summed E-state index contributed by atoms with van der Waals surface area (Å²) in [6, 6.07) is 12.2. The summed E-state index contributed by atoms with van der Waals surface area (Å²) in [5, 5.41) is 3.17. The molecule has 7 nitrogen and oxygen atoms in total. The lowest BCUT2D eigenvalue weighted by molar-refractivity contribution is 0.186. The number of hydrogen-bond acceptors (Lipinski definition) is 5. The van der Waals surface area contributed by atoms with Gasteiger partial charge in [0.25, 0.3) is 6.01 Å². The standard InChI is InChI=1S/C21H25N5O2/c1-15(2)19(16-6-5-9-22-14-16)24-20(27)25-10-12-26(13-11-25)21-23-17-7-3-4-8-18(17)28-21/h3-9,14-15,19H,10-13H2,1-2H3,(H,24,27). The summed E-state index contributed by atoms with van der Waals surface area (Å²) in [7, 11) is 0. The summed E-state index contributed by atoms with van der Waals surface area (Å²) in [4.78, 5) is 25.5. The molecule has 7 heteroatoms. The van der Waals surface area contributed by atoms with Crippen LogP contribution >= 0.6 is 0 Å². The number of aromatic nitrogens is 2. The lowest BCUT2D eigenvalue weighted by Crippen LogP contribution is -2.52. The van der Waals surface area contributed by atoms with Gasteiger partial charge in [0.05, 0.1) is 6.04 Å². The number of pyridine rings is 1. The Kier molecular flexibility index (Phi) is 5.14. The molecule has 0 saturated carbocycles. The van der Waals surface area contributed by atoms with E-state index < -0.39 is 0 Å². The summed E-state index contributed by atoms with van der Waals surface area (Å²) in [5.41, 5.74) is 2.67. The summed E-state index contributed by atoms with van der Waals surface area (Å²) in [6.07, 6.45) is 3.56. The molecule has 2 amide bonds. The van der Waals surface area contributed by atoms with Crippen molar-refractivity contribution in [3.8, 4) is 0 Å². The van der Waals surface area contributed by atoms with Gasteiger partial charge in [0, 0.05) is 38.6 Å². The van der Waals surface area contributed by atoms with Gasteiger partial charge in [-0.25, -0.2) is 4.79 Å². The van der Waals surface area contributed by atoms with E-state index in [9.17, 15) is 4.79 Å². The summed E-state index contributed by atoms with van der Waals surface area (Å²) >= 11 is 0. The lowest BCUT2D eigenvalue weighted by Gasteiger charge is -2.35. The van der Waals surface area contributed by atoms with Crippen LogP contribution in [0.2, 0.25) is 0 Å². The van der Waals surface area contributed by atoms with Gasteiger partial charge in [-0.3, -0.25) is 4.98 Å². The molecule has 1 fully saturated rings. The largest absolute Gasteiger partial charge is 0.423 e. The molecular weight excluding hydrogens is 354 g/mol. The second-order valence-electron chi connectivity index (χ2n) is 7.40. The second-order valence-corrected chi connectivity index (χ2v) is 7.40. The highest BCUT2D eigenvalue weighted by Crippen LogP contribution is 2.24. The molecule has 28 heavy (non-hydrogen) atoms. The minimum atomic E-state index is -0.0590. The molecule has 0 radical (unpaired) electrons. The van der Waals surface area contributed by atoms with E-state index in [2.05, 4.69) is 34.0 Å². The SMILES string of the molecule is CC(C)C(NC(=O)N1CCN(c2nc3ccccc3o2)CC1)c1cccnc1. The number of anilines is 1. The highest BCUT2D eigenvalue weighted by molar-refractivity contribution is 5.76. The molecule has 2 aromatic heterocycles. The second kappa shape index (κ2) is 7.88. The van der Waals surface area contributed by atoms with Crippen LogP contribution in [-0.4, -0.2) is 47.1 Å². The van der Waals surface area contributed by atoms with Crippen LogP contribution in [0.5, 0.6) is 0 Å². The zero-order valence-electron chi connectivity index (χ0n) is 16.2. The van der Waals surface area contributed by atoms with Crippen molar-refractivity contribution in [3.05, 3.63) is 54.4 Å². The number of nitrogens with zero attached hydrogens (tertiary/aromatic N) is 4. The van der Waals surface area contributed by atoms with Crippen molar-refractivity contribution in [1.82, 2.24) is 20.2 Å². The third-order valence-electron chi connectivity index (χ3n) is 5.11. The molecule has 1 atom stereocenters. The molecule has 3 heterocycles. The van der Waals surface area contributed by atoms with Crippen molar-refractivity contribution in [2.24, 2.45) is 5.92 Å². The van der Waals surface area contributed by atoms with Gasteiger partial charge in [-0.2, -0.15) is 4.98 Å². The van der Waals surface area contributed by atoms with Crippen molar-refractivity contribution in [2.45, 2.75) is 19.9 Å².